The van der Waals surface area contributed by atoms with E-state index in [0.717, 1.165) is 22.7 Å². The van der Waals surface area contributed by atoms with E-state index in [0.29, 0.717) is 6.54 Å². The van der Waals surface area contributed by atoms with E-state index in [1.54, 1.807) is 14.2 Å². The van der Waals surface area contributed by atoms with E-state index in [9.17, 15) is 0 Å². The molecule has 0 radical (unpaired) electrons. The zero-order valence-corrected chi connectivity index (χ0v) is 11.8. The summed E-state index contributed by atoms with van der Waals surface area (Å²) in [5.41, 5.74) is 7.94. The highest BCUT2D eigenvalue weighted by atomic mass is 16.5. The topological polar surface area (TPSA) is 56.5 Å². The Balaban J connectivity index is 2.27. The summed E-state index contributed by atoms with van der Waals surface area (Å²) in [5.74, 6) is 1.53. The van der Waals surface area contributed by atoms with Crippen molar-refractivity contribution in [3.8, 4) is 11.5 Å². The van der Waals surface area contributed by atoms with E-state index in [4.69, 9.17) is 15.2 Å². The van der Waals surface area contributed by atoms with Crippen LogP contribution in [0.25, 0.3) is 0 Å². The van der Waals surface area contributed by atoms with Crippen LogP contribution in [0.5, 0.6) is 11.5 Å². The van der Waals surface area contributed by atoms with Crippen molar-refractivity contribution in [2.45, 2.75) is 6.04 Å². The number of nitrogens with two attached hydrogens (primary N) is 1. The standard InChI is InChI=1S/C16H20N2O2/c1-19-13-8-9-14(16(10-13)20-2)15(11-17)18-12-6-4-3-5-7-12/h3-10,15,18H,11,17H2,1-2H3. The Kier molecular flexibility index (Phi) is 4.85. The van der Waals surface area contributed by atoms with Crippen LogP contribution in [0, 0.1) is 0 Å². The van der Waals surface area contributed by atoms with E-state index in [2.05, 4.69) is 5.32 Å². The van der Waals surface area contributed by atoms with Gasteiger partial charge in [-0.3, -0.25) is 0 Å². The summed E-state index contributed by atoms with van der Waals surface area (Å²) in [6.07, 6.45) is 0. The number of ether oxygens (including phenoxy) is 2. The summed E-state index contributed by atoms with van der Waals surface area (Å²) in [7, 11) is 3.28. The molecule has 4 nitrogen and oxygen atoms in total. The van der Waals surface area contributed by atoms with Crippen LogP contribution in [0.2, 0.25) is 0 Å². The van der Waals surface area contributed by atoms with Crippen molar-refractivity contribution in [2.75, 3.05) is 26.1 Å². The monoisotopic (exact) mass is 272 g/mol. The van der Waals surface area contributed by atoms with Crippen molar-refractivity contribution in [2.24, 2.45) is 5.73 Å². The molecule has 106 valence electrons. The molecule has 0 fully saturated rings. The number of anilines is 1. The van der Waals surface area contributed by atoms with Crippen molar-refractivity contribution < 1.29 is 9.47 Å². The zero-order chi connectivity index (χ0) is 14.4. The number of benzene rings is 2. The molecule has 2 aromatic carbocycles. The molecule has 0 aromatic heterocycles. The molecule has 0 aliphatic carbocycles. The Morgan fingerprint density at radius 3 is 2.40 bits per heavy atom. The smallest absolute Gasteiger partial charge is 0.127 e. The van der Waals surface area contributed by atoms with Crippen molar-refractivity contribution in [1.82, 2.24) is 0 Å². The number of hydrogen-bond donors (Lipinski definition) is 2. The van der Waals surface area contributed by atoms with E-state index in [1.165, 1.54) is 0 Å². The van der Waals surface area contributed by atoms with Gasteiger partial charge in [-0.05, 0) is 24.3 Å². The first-order chi connectivity index (χ1) is 9.78. The fourth-order valence-corrected chi connectivity index (χ4v) is 2.11. The van der Waals surface area contributed by atoms with E-state index < -0.39 is 0 Å². The van der Waals surface area contributed by atoms with Gasteiger partial charge in [-0.15, -0.1) is 0 Å². The normalized spacial score (nSPS) is 11.8. The zero-order valence-electron chi connectivity index (χ0n) is 11.8. The SMILES string of the molecule is COc1ccc(C(CN)Nc2ccccc2)c(OC)c1. The average molecular weight is 272 g/mol. The lowest BCUT2D eigenvalue weighted by molar-refractivity contribution is 0.389. The first-order valence-electron chi connectivity index (χ1n) is 6.52. The summed E-state index contributed by atoms with van der Waals surface area (Å²) in [5, 5.41) is 3.41. The maximum atomic E-state index is 5.90. The lowest BCUT2D eigenvalue weighted by Gasteiger charge is -2.21. The molecule has 1 unspecified atom stereocenters. The van der Waals surface area contributed by atoms with Crippen LogP contribution in [0.3, 0.4) is 0 Å². The molecule has 0 amide bonds. The molecule has 0 bridgehead atoms. The number of para-hydroxylation sites is 1. The lowest BCUT2D eigenvalue weighted by atomic mass is 10.0. The summed E-state index contributed by atoms with van der Waals surface area (Å²) < 4.78 is 10.6. The number of rotatable bonds is 6. The third kappa shape index (κ3) is 3.22. The second-order valence-electron chi connectivity index (χ2n) is 4.41. The van der Waals surface area contributed by atoms with Gasteiger partial charge in [0.05, 0.1) is 20.3 Å². The highest BCUT2D eigenvalue weighted by Gasteiger charge is 2.15. The second-order valence-corrected chi connectivity index (χ2v) is 4.41. The first-order valence-corrected chi connectivity index (χ1v) is 6.52. The Morgan fingerprint density at radius 2 is 1.80 bits per heavy atom. The third-order valence-corrected chi connectivity index (χ3v) is 3.17. The molecular formula is C16H20N2O2. The summed E-state index contributed by atoms with van der Waals surface area (Å²) in [6, 6.07) is 15.7. The van der Waals surface area contributed by atoms with E-state index >= 15 is 0 Å². The second kappa shape index (κ2) is 6.82. The van der Waals surface area contributed by atoms with Gasteiger partial charge in [0, 0.05) is 23.9 Å². The van der Waals surface area contributed by atoms with Crippen molar-refractivity contribution in [1.29, 1.82) is 0 Å². The molecule has 3 N–H and O–H groups in total. The highest BCUT2D eigenvalue weighted by Crippen LogP contribution is 2.30. The van der Waals surface area contributed by atoms with Crippen LogP contribution in [0.1, 0.15) is 11.6 Å². The minimum atomic E-state index is -0.0155. The van der Waals surface area contributed by atoms with Crippen LogP contribution in [0.4, 0.5) is 5.69 Å². The van der Waals surface area contributed by atoms with Crippen LogP contribution >= 0.6 is 0 Å². The first kappa shape index (κ1) is 14.2. The van der Waals surface area contributed by atoms with Gasteiger partial charge in [0.2, 0.25) is 0 Å². The molecule has 0 spiro atoms. The van der Waals surface area contributed by atoms with Gasteiger partial charge in [-0.1, -0.05) is 18.2 Å². The molecule has 4 heteroatoms. The van der Waals surface area contributed by atoms with Gasteiger partial charge >= 0.3 is 0 Å². The minimum absolute atomic E-state index is 0.0155. The van der Waals surface area contributed by atoms with Crippen molar-refractivity contribution >= 4 is 5.69 Å². The van der Waals surface area contributed by atoms with Gasteiger partial charge in [0.15, 0.2) is 0 Å². The fraction of sp³-hybridized carbons (Fsp3) is 0.250. The predicted molar refractivity (Wildman–Crippen MR) is 81.4 cm³/mol. The van der Waals surface area contributed by atoms with Gasteiger partial charge in [0.1, 0.15) is 11.5 Å². The Hall–Kier alpha value is -2.20. The quantitative estimate of drug-likeness (QED) is 0.849. The lowest BCUT2D eigenvalue weighted by Crippen LogP contribution is -2.21. The largest absolute Gasteiger partial charge is 0.497 e. The highest BCUT2D eigenvalue weighted by molar-refractivity contribution is 5.49. The summed E-state index contributed by atoms with van der Waals surface area (Å²) in [6.45, 7) is 0.470. The van der Waals surface area contributed by atoms with E-state index in [1.807, 2.05) is 48.5 Å². The van der Waals surface area contributed by atoms with Crippen LogP contribution in [-0.2, 0) is 0 Å². The van der Waals surface area contributed by atoms with Crippen LogP contribution in [-0.4, -0.2) is 20.8 Å². The average Bonchev–Trinajstić information content (AvgIpc) is 2.53. The molecule has 0 saturated carbocycles. The minimum Gasteiger partial charge on any atom is -0.497 e. The van der Waals surface area contributed by atoms with Gasteiger partial charge < -0.3 is 20.5 Å². The molecule has 1 atom stereocenters. The third-order valence-electron chi connectivity index (χ3n) is 3.17. The summed E-state index contributed by atoms with van der Waals surface area (Å²) in [4.78, 5) is 0. The maximum absolute atomic E-state index is 5.90. The molecule has 0 aliphatic heterocycles. The Labute approximate surface area is 119 Å². The van der Waals surface area contributed by atoms with Crippen LogP contribution < -0.4 is 20.5 Å². The fourth-order valence-electron chi connectivity index (χ4n) is 2.11. The molecule has 2 rings (SSSR count). The molecule has 0 saturated heterocycles. The van der Waals surface area contributed by atoms with Gasteiger partial charge in [0.25, 0.3) is 0 Å². The predicted octanol–water partition coefficient (Wildman–Crippen LogP) is 2.82. The van der Waals surface area contributed by atoms with Crippen molar-refractivity contribution in [3.05, 3.63) is 54.1 Å². The van der Waals surface area contributed by atoms with E-state index in [-0.39, 0.29) is 6.04 Å². The number of nitrogens with one attached hydrogen (secondary N) is 1. The molecular weight excluding hydrogens is 252 g/mol. The molecule has 2 aromatic rings. The number of methoxy groups -OCH3 is 2. The van der Waals surface area contributed by atoms with Gasteiger partial charge in [-0.25, -0.2) is 0 Å². The molecule has 0 aliphatic rings. The number of hydrogen-bond acceptors (Lipinski definition) is 4. The van der Waals surface area contributed by atoms with Crippen LogP contribution in [0.15, 0.2) is 48.5 Å². The summed E-state index contributed by atoms with van der Waals surface area (Å²) >= 11 is 0. The Morgan fingerprint density at radius 1 is 1.05 bits per heavy atom. The molecule has 0 heterocycles. The Bertz CT molecular complexity index is 543. The molecule has 20 heavy (non-hydrogen) atoms. The van der Waals surface area contributed by atoms with Gasteiger partial charge in [-0.2, -0.15) is 0 Å². The maximum Gasteiger partial charge on any atom is 0.127 e. The van der Waals surface area contributed by atoms with Crippen molar-refractivity contribution in [3.63, 3.8) is 0 Å².